The molecule has 1 heterocycles. The Kier molecular flexibility index (Phi) is 3.64. The van der Waals surface area contributed by atoms with E-state index in [-0.39, 0.29) is 4.21 Å². The van der Waals surface area contributed by atoms with Gasteiger partial charge >= 0.3 is 6.18 Å². The van der Waals surface area contributed by atoms with Gasteiger partial charge in [0.2, 0.25) is 0 Å². The molecule has 1 aromatic carbocycles. The van der Waals surface area contributed by atoms with E-state index in [4.69, 9.17) is 0 Å². The largest absolute Gasteiger partial charge is 0.416 e. The maximum Gasteiger partial charge on any atom is 0.416 e. The summed E-state index contributed by atoms with van der Waals surface area (Å²) < 4.78 is 60.5. The molecule has 0 aliphatic heterocycles. The van der Waals surface area contributed by atoms with Gasteiger partial charge in [-0.3, -0.25) is 0 Å². The highest BCUT2D eigenvalue weighted by atomic mass is 32.2. The number of rotatable bonds is 2. The lowest BCUT2D eigenvalue weighted by molar-refractivity contribution is -0.137. The first-order valence-corrected chi connectivity index (χ1v) is 8.15. The van der Waals surface area contributed by atoms with Crippen LogP contribution >= 0.6 is 11.3 Å². The Labute approximate surface area is 118 Å². The van der Waals surface area contributed by atoms with Gasteiger partial charge in [-0.1, -0.05) is 12.1 Å². The molecule has 0 atom stereocenters. The second-order valence-electron chi connectivity index (χ2n) is 4.24. The number of aromatic nitrogens is 1. The number of sulfone groups is 1. The number of alkyl halides is 3. The van der Waals surface area contributed by atoms with E-state index in [9.17, 15) is 21.6 Å². The van der Waals surface area contributed by atoms with Gasteiger partial charge in [0, 0.05) is 11.8 Å². The highest BCUT2D eigenvalue weighted by Gasteiger charge is 2.30. The molecule has 0 fully saturated rings. The SMILES string of the molecule is Cc1nc(-c2ccc(C(F)(F)F)cc2)sc1S(C)(=O)=O. The monoisotopic (exact) mass is 321 g/mol. The van der Waals surface area contributed by atoms with Crippen LogP contribution in [0.4, 0.5) is 13.2 Å². The first kappa shape index (κ1) is 15.0. The van der Waals surface area contributed by atoms with E-state index in [0.717, 1.165) is 29.7 Å². The van der Waals surface area contributed by atoms with Crippen LogP contribution in [0.25, 0.3) is 10.6 Å². The highest BCUT2D eigenvalue weighted by Crippen LogP contribution is 2.34. The standard InChI is InChI=1S/C12H10F3NO2S2/c1-7-11(20(2,17)18)19-10(16-7)8-3-5-9(6-4-8)12(13,14)15/h3-6H,1-2H3. The van der Waals surface area contributed by atoms with Gasteiger partial charge in [0.15, 0.2) is 9.84 Å². The average molecular weight is 321 g/mol. The van der Waals surface area contributed by atoms with Crippen molar-refractivity contribution in [3.63, 3.8) is 0 Å². The Hall–Kier alpha value is -1.41. The molecule has 0 aliphatic carbocycles. The van der Waals surface area contributed by atoms with Crippen LogP contribution in [0.5, 0.6) is 0 Å². The molecule has 8 heteroatoms. The smallest absolute Gasteiger partial charge is 0.240 e. The molecule has 0 bridgehead atoms. The molecule has 20 heavy (non-hydrogen) atoms. The lowest BCUT2D eigenvalue weighted by Crippen LogP contribution is -2.03. The zero-order chi connectivity index (χ0) is 15.1. The van der Waals surface area contributed by atoms with Crippen molar-refractivity contribution in [2.24, 2.45) is 0 Å². The van der Waals surface area contributed by atoms with E-state index in [2.05, 4.69) is 4.98 Å². The summed E-state index contributed by atoms with van der Waals surface area (Å²) in [5, 5.41) is 0.386. The maximum atomic E-state index is 12.5. The summed E-state index contributed by atoms with van der Waals surface area (Å²) in [5.41, 5.74) is 0.0614. The third-order valence-corrected chi connectivity index (χ3v) is 5.68. The molecule has 2 rings (SSSR count). The normalized spacial score (nSPS) is 12.7. The molecular weight excluding hydrogens is 311 g/mol. The van der Waals surface area contributed by atoms with E-state index in [1.165, 1.54) is 12.1 Å². The minimum Gasteiger partial charge on any atom is -0.240 e. The Morgan fingerprint density at radius 2 is 1.70 bits per heavy atom. The van der Waals surface area contributed by atoms with Crippen LogP contribution in [0.15, 0.2) is 28.5 Å². The molecule has 1 aromatic heterocycles. The fourth-order valence-electron chi connectivity index (χ4n) is 1.65. The van der Waals surface area contributed by atoms with Gasteiger partial charge in [-0.25, -0.2) is 13.4 Å². The lowest BCUT2D eigenvalue weighted by atomic mass is 10.1. The van der Waals surface area contributed by atoms with Crippen molar-refractivity contribution in [1.29, 1.82) is 0 Å². The van der Waals surface area contributed by atoms with Gasteiger partial charge in [0.1, 0.15) is 9.22 Å². The maximum absolute atomic E-state index is 12.5. The second-order valence-corrected chi connectivity index (χ2v) is 7.45. The van der Waals surface area contributed by atoms with Gasteiger partial charge < -0.3 is 0 Å². The molecule has 0 aliphatic rings. The molecule has 108 valence electrons. The van der Waals surface area contributed by atoms with E-state index in [1.807, 2.05) is 0 Å². The number of hydrogen-bond acceptors (Lipinski definition) is 4. The van der Waals surface area contributed by atoms with Gasteiger partial charge in [-0.15, -0.1) is 11.3 Å². The topological polar surface area (TPSA) is 47.0 Å². The number of nitrogens with zero attached hydrogens (tertiary/aromatic N) is 1. The molecule has 3 nitrogen and oxygen atoms in total. The summed E-state index contributed by atoms with van der Waals surface area (Å²) >= 11 is 0.953. The highest BCUT2D eigenvalue weighted by molar-refractivity contribution is 7.92. The zero-order valence-electron chi connectivity index (χ0n) is 10.5. The van der Waals surface area contributed by atoms with E-state index < -0.39 is 21.6 Å². The number of halogens is 3. The number of thiazole rings is 1. The molecule has 0 unspecified atom stereocenters. The fraction of sp³-hybridized carbons (Fsp3) is 0.250. The van der Waals surface area contributed by atoms with Crippen LogP contribution in [0.2, 0.25) is 0 Å². The molecular formula is C12H10F3NO2S2. The quantitative estimate of drug-likeness (QED) is 0.850. The molecule has 0 radical (unpaired) electrons. The molecule has 0 saturated heterocycles. The summed E-state index contributed by atoms with van der Waals surface area (Å²) in [6, 6.07) is 4.47. The second kappa shape index (κ2) is 4.85. The van der Waals surface area contributed by atoms with Crippen molar-refractivity contribution in [1.82, 2.24) is 4.98 Å². The predicted octanol–water partition coefficient (Wildman–Crippen LogP) is 3.54. The lowest BCUT2D eigenvalue weighted by Gasteiger charge is -2.06. The molecule has 2 aromatic rings. The van der Waals surface area contributed by atoms with Crippen molar-refractivity contribution < 1.29 is 21.6 Å². The number of aryl methyl sites for hydroxylation is 1. The first-order valence-electron chi connectivity index (χ1n) is 5.44. The minimum atomic E-state index is -4.39. The third kappa shape index (κ3) is 3.01. The minimum absolute atomic E-state index is 0.132. The van der Waals surface area contributed by atoms with Gasteiger partial charge in [-0.05, 0) is 19.1 Å². The van der Waals surface area contributed by atoms with E-state index in [1.54, 1.807) is 6.92 Å². The Bertz CT molecular complexity index is 731. The third-order valence-electron chi connectivity index (χ3n) is 2.55. The van der Waals surface area contributed by atoms with Crippen LogP contribution in [-0.4, -0.2) is 19.7 Å². The van der Waals surface area contributed by atoms with Crippen molar-refractivity contribution in [2.45, 2.75) is 17.3 Å². The van der Waals surface area contributed by atoms with Crippen molar-refractivity contribution in [3.05, 3.63) is 35.5 Å². The molecule has 0 saturated carbocycles. The van der Waals surface area contributed by atoms with Gasteiger partial charge in [0.05, 0.1) is 11.3 Å². The Morgan fingerprint density at radius 1 is 1.15 bits per heavy atom. The van der Waals surface area contributed by atoms with Crippen LogP contribution in [0.1, 0.15) is 11.3 Å². The predicted molar refractivity (Wildman–Crippen MR) is 70.4 cm³/mol. The first-order chi connectivity index (χ1) is 9.09. The molecule has 0 amide bonds. The van der Waals surface area contributed by atoms with E-state index >= 15 is 0 Å². The molecule has 0 spiro atoms. The summed E-state index contributed by atoms with van der Waals surface area (Å²) in [6.45, 7) is 1.56. The zero-order valence-corrected chi connectivity index (χ0v) is 12.2. The summed E-state index contributed by atoms with van der Waals surface area (Å²) in [7, 11) is -3.38. The van der Waals surface area contributed by atoms with Gasteiger partial charge in [0.25, 0.3) is 0 Å². The Morgan fingerprint density at radius 3 is 2.10 bits per heavy atom. The van der Waals surface area contributed by atoms with Crippen LogP contribution < -0.4 is 0 Å². The van der Waals surface area contributed by atoms with Crippen LogP contribution in [-0.2, 0) is 16.0 Å². The van der Waals surface area contributed by atoms with E-state index in [0.29, 0.717) is 16.3 Å². The summed E-state index contributed by atoms with van der Waals surface area (Å²) in [6.07, 6.45) is -3.32. The fourth-order valence-corrected chi connectivity index (χ4v) is 3.88. The van der Waals surface area contributed by atoms with Crippen molar-refractivity contribution >= 4 is 21.2 Å². The van der Waals surface area contributed by atoms with Crippen molar-refractivity contribution in [2.75, 3.05) is 6.26 Å². The summed E-state index contributed by atoms with van der Waals surface area (Å²) in [4.78, 5) is 4.10. The summed E-state index contributed by atoms with van der Waals surface area (Å²) in [5.74, 6) is 0. The van der Waals surface area contributed by atoms with Gasteiger partial charge in [-0.2, -0.15) is 13.2 Å². The van der Waals surface area contributed by atoms with Crippen LogP contribution in [0, 0.1) is 6.92 Å². The van der Waals surface area contributed by atoms with Crippen LogP contribution in [0.3, 0.4) is 0 Å². The number of benzene rings is 1. The number of hydrogen-bond donors (Lipinski definition) is 0. The van der Waals surface area contributed by atoms with Crippen molar-refractivity contribution in [3.8, 4) is 10.6 Å². The molecule has 0 N–H and O–H groups in total. The average Bonchev–Trinajstić information content (AvgIpc) is 2.70. The Balaban J connectivity index is 2.43.